The molecule has 106 valence electrons. The lowest BCUT2D eigenvalue weighted by Crippen LogP contribution is -2.42. The van der Waals surface area contributed by atoms with Crippen molar-refractivity contribution in [1.82, 2.24) is 9.88 Å². The van der Waals surface area contributed by atoms with E-state index in [4.69, 9.17) is 0 Å². The highest BCUT2D eigenvalue weighted by molar-refractivity contribution is 9.10. The summed E-state index contributed by atoms with van der Waals surface area (Å²) < 4.78 is 0.840. The molecule has 0 fully saturated rings. The molecule has 0 aromatic carbocycles. The van der Waals surface area contributed by atoms with Crippen LogP contribution in [-0.4, -0.2) is 28.4 Å². The van der Waals surface area contributed by atoms with Gasteiger partial charge in [-0.2, -0.15) is 0 Å². The second kappa shape index (κ2) is 7.63. The Labute approximate surface area is 124 Å². The maximum absolute atomic E-state index is 12.7. The Balaban J connectivity index is 2.99. The number of hydrogen-bond donors (Lipinski definition) is 0. The topological polar surface area (TPSA) is 33.2 Å². The zero-order chi connectivity index (χ0) is 14.4. The largest absolute Gasteiger partial charge is 0.335 e. The lowest BCUT2D eigenvalue weighted by molar-refractivity contribution is 0.0640. The summed E-state index contributed by atoms with van der Waals surface area (Å²) in [4.78, 5) is 18.7. The molecule has 3 nitrogen and oxygen atoms in total. The van der Waals surface area contributed by atoms with Crippen LogP contribution in [0.3, 0.4) is 0 Å². The molecule has 0 radical (unpaired) electrons. The van der Waals surface area contributed by atoms with Gasteiger partial charge in [-0.25, -0.2) is 0 Å². The van der Waals surface area contributed by atoms with E-state index in [1.165, 1.54) is 0 Å². The Bertz CT molecular complexity index is 416. The van der Waals surface area contributed by atoms with E-state index in [2.05, 4.69) is 48.6 Å². The Morgan fingerprint density at radius 1 is 1.32 bits per heavy atom. The fourth-order valence-electron chi connectivity index (χ4n) is 2.22. The number of nitrogens with zero attached hydrogens (tertiary/aromatic N) is 2. The third-order valence-electron chi connectivity index (χ3n) is 3.16. The molecule has 0 bridgehead atoms. The maximum atomic E-state index is 12.7. The molecule has 0 saturated carbocycles. The SMILES string of the molecule is CCC(CC)N(CC(C)C)C(=O)c1cncc(Br)c1. The Hall–Kier alpha value is -0.900. The molecule has 1 amide bonds. The van der Waals surface area contributed by atoms with Gasteiger partial charge in [-0.1, -0.05) is 27.7 Å². The van der Waals surface area contributed by atoms with Crippen LogP contribution in [0.4, 0.5) is 0 Å². The zero-order valence-corrected chi connectivity index (χ0v) is 13.8. The molecule has 0 aliphatic rings. The quantitative estimate of drug-likeness (QED) is 0.787. The van der Waals surface area contributed by atoms with Crippen LogP contribution < -0.4 is 0 Å². The van der Waals surface area contributed by atoms with Crippen molar-refractivity contribution in [2.45, 2.75) is 46.6 Å². The number of aromatic nitrogens is 1. The number of halogens is 1. The lowest BCUT2D eigenvalue weighted by atomic mass is 10.1. The Morgan fingerprint density at radius 2 is 1.95 bits per heavy atom. The van der Waals surface area contributed by atoms with Gasteiger partial charge < -0.3 is 4.90 Å². The van der Waals surface area contributed by atoms with Crippen molar-refractivity contribution in [2.24, 2.45) is 5.92 Å². The van der Waals surface area contributed by atoms with Gasteiger partial charge in [-0.05, 0) is 40.8 Å². The zero-order valence-electron chi connectivity index (χ0n) is 12.2. The van der Waals surface area contributed by atoms with Crippen LogP contribution in [0.15, 0.2) is 22.9 Å². The van der Waals surface area contributed by atoms with E-state index in [0.717, 1.165) is 23.9 Å². The highest BCUT2D eigenvalue weighted by atomic mass is 79.9. The van der Waals surface area contributed by atoms with Crippen LogP contribution in [0, 0.1) is 5.92 Å². The molecule has 1 aromatic rings. The van der Waals surface area contributed by atoms with E-state index in [9.17, 15) is 4.79 Å². The Kier molecular flexibility index (Phi) is 6.49. The molecule has 1 heterocycles. The van der Waals surface area contributed by atoms with Crippen LogP contribution >= 0.6 is 15.9 Å². The lowest BCUT2D eigenvalue weighted by Gasteiger charge is -2.32. The van der Waals surface area contributed by atoms with Crippen LogP contribution in [0.25, 0.3) is 0 Å². The molecular formula is C15H23BrN2O. The second-order valence-corrected chi connectivity index (χ2v) is 6.13. The summed E-state index contributed by atoms with van der Waals surface area (Å²) in [7, 11) is 0. The van der Waals surface area contributed by atoms with Crippen LogP contribution in [0.5, 0.6) is 0 Å². The summed E-state index contributed by atoms with van der Waals surface area (Å²) >= 11 is 3.37. The van der Waals surface area contributed by atoms with Crippen LogP contribution in [0.1, 0.15) is 50.9 Å². The summed E-state index contributed by atoms with van der Waals surface area (Å²) in [6.45, 7) is 9.34. The second-order valence-electron chi connectivity index (χ2n) is 5.21. The van der Waals surface area contributed by atoms with E-state index >= 15 is 0 Å². The smallest absolute Gasteiger partial charge is 0.255 e. The van der Waals surface area contributed by atoms with Crippen LogP contribution in [-0.2, 0) is 0 Å². The average Bonchev–Trinajstić information content (AvgIpc) is 2.37. The third-order valence-corrected chi connectivity index (χ3v) is 3.59. The van der Waals surface area contributed by atoms with E-state index < -0.39 is 0 Å². The third kappa shape index (κ3) is 4.60. The molecule has 0 aliphatic carbocycles. The molecule has 4 heteroatoms. The first-order valence-corrected chi connectivity index (χ1v) is 7.70. The minimum atomic E-state index is 0.0798. The van der Waals surface area contributed by atoms with Crippen LogP contribution in [0.2, 0.25) is 0 Å². The monoisotopic (exact) mass is 326 g/mol. The van der Waals surface area contributed by atoms with Gasteiger partial charge >= 0.3 is 0 Å². The fraction of sp³-hybridized carbons (Fsp3) is 0.600. The highest BCUT2D eigenvalue weighted by Gasteiger charge is 2.23. The van der Waals surface area contributed by atoms with E-state index in [1.54, 1.807) is 12.4 Å². The maximum Gasteiger partial charge on any atom is 0.255 e. The molecule has 0 atom stereocenters. The first-order valence-electron chi connectivity index (χ1n) is 6.91. The van der Waals surface area contributed by atoms with Gasteiger partial charge in [0.05, 0.1) is 5.56 Å². The first-order chi connectivity index (χ1) is 8.99. The standard InChI is InChI=1S/C15H23BrN2O/c1-5-14(6-2)18(10-11(3)4)15(19)12-7-13(16)9-17-8-12/h7-9,11,14H,5-6,10H2,1-4H3. The summed E-state index contributed by atoms with van der Waals surface area (Å²) in [5.41, 5.74) is 0.655. The normalized spacial score (nSPS) is 11.1. The fourth-order valence-corrected chi connectivity index (χ4v) is 2.58. The van der Waals surface area contributed by atoms with Gasteiger partial charge in [0, 0.05) is 29.5 Å². The van der Waals surface area contributed by atoms with E-state index in [-0.39, 0.29) is 5.91 Å². The molecule has 0 spiro atoms. The molecular weight excluding hydrogens is 304 g/mol. The number of rotatable bonds is 6. The number of hydrogen-bond acceptors (Lipinski definition) is 2. The number of amides is 1. The van der Waals surface area contributed by atoms with Gasteiger partial charge in [0.2, 0.25) is 0 Å². The summed E-state index contributed by atoms with van der Waals surface area (Å²) in [5.74, 6) is 0.542. The molecule has 0 saturated heterocycles. The average molecular weight is 327 g/mol. The van der Waals surface area contributed by atoms with Gasteiger partial charge in [0.25, 0.3) is 5.91 Å². The van der Waals surface area contributed by atoms with E-state index in [1.807, 2.05) is 11.0 Å². The molecule has 1 aromatic heterocycles. The number of carbonyl (C=O) groups excluding carboxylic acids is 1. The molecule has 19 heavy (non-hydrogen) atoms. The number of pyridine rings is 1. The van der Waals surface area contributed by atoms with Gasteiger partial charge in [-0.15, -0.1) is 0 Å². The van der Waals surface area contributed by atoms with Crippen molar-refractivity contribution in [2.75, 3.05) is 6.54 Å². The van der Waals surface area contributed by atoms with Crippen molar-refractivity contribution in [1.29, 1.82) is 0 Å². The summed E-state index contributed by atoms with van der Waals surface area (Å²) in [6, 6.07) is 2.14. The van der Waals surface area contributed by atoms with Crippen molar-refractivity contribution in [3.05, 3.63) is 28.5 Å². The van der Waals surface area contributed by atoms with E-state index in [0.29, 0.717) is 17.5 Å². The van der Waals surface area contributed by atoms with Crippen molar-refractivity contribution < 1.29 is 4.79 Å². The first kappa shape index (κ1) is 16.2. The molecule has 0 unspecified atom stereocenters. The minimum Gasteiger partial charge on any atom is -0.335 e. The molecule has 0 N–H and O–H groups in total. The van der Waals surface area contributed by atoms with Gasteiger partial charge in [-0.3, -0.25) is 9.78 Å². The Morgan fingerprint density at radius 3 is 2.42 bits per heavy atom. The predicted octanol–water partition coefficient (Wildman–Crippen LogP) is 4.13. The summed E-state index contributed by atoms with van der Waals surface area (Å²) in [6.07, 6.45) is 5.30. The van der Waals surface area contributed by atoms with Gasteiger partial charge in [0.15, 0.2) is 0 Å². The predicted molar refractivity (Wildman–Crippen MR) is 82.2 cm³/mol. The number of carbonyl (C=O) groups is 1. The van der Waals surface area contributed by atoms with Crippen molar-refractivity contribution >= 4 is 21.8 Å². The van der Waals surface area contributed by atoms with Crippen molar-refractivity contribution in [3.63, 3.8) is 0 Å². The highest BCUT2D eigenvalue weighted by Crippen LogP contribution is 2.17. The minimum absolute atomic E-state index is 0.0798. The van der Waals surface area contributed by atoms with Crippen molar-refractivity contribution in [3.8, 4) is 0 Å². The van der Waals surface area contributed by atoms with Gasteiger partial charge in [0.1, 0.15) is 0 Å². The molecule has 0 aliphatic heterocycles. The summed E-state index contributed by atoms with van der Waals surface area (Å²) in [5, 5.41) is 0. The molecule has 1 rings (SSSR count).